The molecule has 123 heavy (non-hydrogen) atoms. The summed E-state index contributed by atoms with van der Waals surface area (Å²) in [6.45, 7) is 14.3. The third kappa shape index (κ3) is 14.4. The number of hydrogen-bond donors (Lipinski definition) is 5. The summed E-state index contributed by atoms with van der Waals surface area (Å²) in [7, 11) is 0. The lowest BCUT2D eigenvalue weighted by Gasteiger charge is -2.18. The molecule has 5 aliphatic heterocycles. The molecule has 0 saturated carbocycles. The van der Waals surface area contributed by atoms with Crippen molar-refractivity contribution in [2.24, 2.45) is 0 Å². The van der Waals surface area contributed by atoms with Gasteiger partial charge < -0.3 is 49.4 Å². The smallest absolute Gasteiger partial charge is 0.268 e. The second-order valence-corrected chi connectivity index (χ2v) is 30.3. The van der Waals surface area contributed by atoms with Crippen LogP contribution in [-0.4, -0.2) is 85.1 Å². The van der Waals surface area contributed by atoms with Crippen molar-refractivity contribution in [2.45, 2.75) is 67.3 Å². The quantitative estimate of drug-likeness (QED) is 0.0818. The van der Waals surface area contributed by atoms with Gasteiger partial charge in [0.1, 0.15) is 45.9 Å². The average Bonchev–Trinajstić information content (AvgIpc) is 1.61. The number of nitrogens with zero attached hydrogens (tertiary/aromatic N) is 8. The van der Waals surface area contributed by atoms with Crippen LogP contribution in [0, 0.1) is 133 Å². The van der Waals surface area contributed by atoms with E-state index in [0.717, 1.165) is 127 Å². The van der Waals surface area contributed by atoms with Gasteiger partial charge >= 0.3 is 0 Å². The van der Waals surface area contributed by atoms with Crippen LogP contribution >= 0.6 is 11.6 Å². The first-order valence-electron chi connectivity index (χ1n) is 38.5. The normalized spacial score (nSPS) is 13.6. The van der Waals surface area contributed by atoms with Crippen molar-refractivity contribution in [3.8, 4) is 73.8 Å². The number of aromatic nitrogens is 5. The van der Waals surface area contributed by atoms with Crippen molar-refractivity contribution in [2.75, 3.05) is 32.7 Å². The van der Waals surface area contributed by atoms with Crippen LogP contribution in [0.2, 0.25) is 5.02 Å². The molecule has 5 N–H and O–H groups in total. The van der Waals surface area contributed by atoms with Gasteiger partial charge in [-0.2, -0.15) is 15.8 Å². The van der Waals surface area contributed by atoms with E-state index in [1.54, 1.807) is 53.3 Å². The lowest BCUT2D eigenvalue weighted by Crippen LogP contribution is -2.35. The molecule has 0 radical (unpaired) electrons. The van der Waals surface area contributed by atoms with Crippen LogP contribution in [0.15, 0.2) is 152 Å². The molecule has 5 aromatic heterocycles. The Morgan fingerprint density at radius 2 is 0.585 bits per heavy atom. The summed E-state index contributed by atoms with van der Waals surface area (Å²) < 4.78 is 160. The van der Waals surface area contributed by atoms with Crippen LogP contribution in [0.25, 0.3) is 110 Å². The van der Waals surface area contributed by atoms with Crippen molar-refractivity contribution in [1.82, 2.24) is 49.4 Å². The van der Waals surface area contributed by atoms with E-state index in [1.165, 1.54) is 30.3 Å². The Balaban J connectivity index is 0.000000114. The van der Waals surface area contributed by atoms with E-state index in [-0.39, 0.29) is 57.6 Å². The lowest BCUT2D eigenvalue weighted by molar-refractivity contribution is 0.0920. The Labute approximate surface area is 697 Å². The van der Waals surface area contributed by atoms with Gasteiger partial charge in [0, 0.05) is 131 Å². The molecule has 18 nitrogen and oxygen atoms in total. The molecule has 0 unspecified atom stereocenters. The highest BCUT2D eigenvalue weighted by Crippen LogP contribution is 2.44. The summed E-state index contributed by atoms with van der Waals surface area (Å²) in [5.41, 5.74) is 16.1. The van der Waals surface area contributed by atoms with Crippen molar-refractivity contribution in [3.05, 3.63) is 294 Å². The zero-order valence-electron chi connectivity index (χ0n) is 65.7. The number of rotatable bonds is 5. The van der Waals surface area contributed by atoms with E-state index in [0.29, 0.717) is 153 Å². The molecule has 0 bridgehead atoms. The molecule has 20 rings (SSSR count). The van der Waals surface area contributed by atoms with Gasteiger partial charge in [0.25, 0.3) is 29.5 Å². The van der Waals surface area contributed by atoms with Gasteiger partial charge in [-0.1, -0.05) is 41.9 Å². The largest absolute Gasteiger partial charge is 0.349 e. The summed E-state index contributed by atoms with van der Waals surface area (Å²) >= 11 is 6.00. The number of halogens is 12. The molecule has 15 aromatic rings. The standard InChI is InChI=1S/C19H14ClN3O.C19H13F2N3O.C19H14FN3O.2C18H12F4N2O/c1-11-15-8-12(10-21)9-16(13-2-4-14(20)5-3-13)18(15)23-7-6-22-19(24)17(11)23;1-10-13-6-11(9-22)7-14(12-2-3-15(20)16(21)8-12)18(13)24-5-4-23-19(25)17(10)24;1-11-15-8-12(10-21)9-16(13-2-4-14(20)5-3-13)18(15)23-7-6-22-19(24)17(11)23;1-8-11-6-10(19)7-12(9-4-13(20)15(22)14(21)5-9)17(11)24-3-2-23-18(25)16(8)24;1-8-11-6-9(19)7-12(10-2-3-13(20)15(22)14(10)21)17(11)24-5-4-23-18(25)16(8)24/h2-5,8-9H,6-7H2,1H3,(H,22,24);2-3,6-8H,4-5H2,1H3,(H,23,25);2-5,8-9H,6-7H2,1H3,(H,22,24);4-7H,2-3H2,1H3,(H,23,25);2-3,6-7H,4-5H2,1H3,(H,23,25). The molecule has 0 atom stereocenters. The van der Waals surface area contributed by atoms with Crippen molar-refractivity contribution in [3.63, 3.8) is 0 Å². The van der Waals surface area contributed by atoms with E-state index in [4.69, 9.17) is 11.6 Å². The molecule has 0 saturated heterocycles. The van der Waals surface area contributed by atoms with E-state index >= 15 is 0 Å². The van der Waals surface area contributed by atoms with Crippen LogP contribution in [0.3, 0.4) is 0 Å². The Morgan fingerprint density at radius 1 is 0.285 bits per heavy atom. The Bertz CT molecular complexity index is 7040. The summed E-state index contributed by atoms with van der Waals surface area (Å²) in [6.07, 6.45) is 0. The van der Waals surface area contributed by atoms with E-state index in [9.17, 15) is 88.1 Å². The van der Waals surface area contributed by atoms with Gasteiger partial charge in [-0.3, -0.25) is 24.0 Å². The fraction of sp³-hybridized carbons (Fsp3) is 0.161. The number of fused-ring (bicyclic) bond motifs is 15. The minimum atomic E-state index is -1.62. The van der Waals surface area contributed by atoms with E-state index < -0.39 is 58.2 Å². The molecule has 10 heterocycles. The minimum absolute atomic E-state index is 0.00665. The van der Waals surface area contributed by atoms with Crippen LogP contribution in [0.4, 0.5) is 48.3 Å². The first-order chi connectivity index (χ1) is 59.0. The van der Waals surface area contributed by atoms with Gasteiger partial charge in [-0.25, -0.2) is 48.3 Å². The first-order valence-corrected chi connectivity index (χ1v) is 38.9. The molecule has 0 spiro atoms. The molecular formula is C93H65ClF11N13O5. The minimum Gasteiger partial charge on any atom is -0.349 e. The third-order valence-electron chi connectivity index (χ3n) is 22.7. The van der Waals surface area contributed by atoms with Crippen LogP contribution in [0.5, 0.6) is 0 Å². The van der Waals surface area contributed by atoms with Crippen LogP contribution in [0.1, 0.15) is 96.9 Å². The number of amides is 5. The highest BCUT2D eigenvalue weighted by atomic mass is 35.5. The Kier molecular flexibility index (Phi) is 21.6. The summed E-state index contributed by atoms with van der Waals surface area (Å²) in [5, 5.41) is 46.3. The van der Waals surface area contributed by atoms with Gasteiger partial charge in [0.05, 0.1) is 62.5 Å². The monoisotopic (exact) mass is 1690 g/mol. The number of carbonyl (C=O) groups is 5. The number of carbonyl (C=O) groups excluding carboxylic acids is 5. The predicted octanol–water partition coefficient (Wildman–Crippen LogP) is 18.6. The van der Waals surface area contributed by atoms with Crippen molar-refractivity contribution >= 4 is 95.7 Å². The predicted molar refractivity (Wildman–Crippen MR) is 441 cm³/mol. The molecule has 0 fully saturated rings. The average molecular weight is 1690 g/mol. The number of aryl methyl sites for hydroxylation is 5. The van der Waals surface area contributed by atoms with Crippen LogP contribution in [-0.2, 0) is 32.7 Å². The summed E-state index contributed by atoms with van der Waals surface area (Å²) in [5.74, 6) is -13.0. The van der Waals surface area contributed by atoms with Crippen molar-refractivity contribution < 1.29 is 72.3 Å². The number of benzene rings is 10. The number of hydrogen-bond acceptors (Lipinski definition) is 8. The SMILES string of the molecule is Cc1c2n(c3c(-c4cc(F)c(F)c(F)c4)cc(F)cc13)CCNC2=O.Cc1c2n(c3c(-c4ccc(Cl)cc4)cc(C#N)cc13)CCNC2=O.Cc1c2n(c3c(-c4ccc(F)c(F)c4)cc(C#N)cc13)CCNC2=O.Cc1c2n(c3c(-c4ccc(F)c(F)c4F)cc(F)cc13)CCNC2=O.Cc1c2n(c3c(-c4ccc(F)cc4)cc(C#N)cc13)CCNC2=O. The lowest BCUT2D eigenvalue weighted by atomic mass is 9.98. The molecule has 5 aliphatic rings. The molecule has 5 amide bonds. The first kappa shape index (κ1) is 82.0. The van der Waals surface area contributed by atoms with E-state index in [2.05, 4.69) is 49.4 Å². The number of nitriles is 3. The highest BCUT2D eigenvalue weighted by Gasteiger charge is 2.33. The van der Waals surface area contributed by atoms with E-state index in [1.807, 2.05) is 72.4 Å². The van der Waals surface area contributed by atoms with Crippen LogP contribution < -0.4 is 26.6 Å². The fourth-order valence-corrected chi connectivity index (χ4v) is 17.4. The maximum Gasteiger partial charge on any atom is 0.268 e. The van der Waals surface area contributed by atoms with Crippen molar-refractivity contribution in [1.29, 1.82) is 15.8 Å². The highest BCUT2D eigenvalue weighted by molar-refractivity contribution is 6.30. The second-order valence-electron chi connectivity index (χ2n) is 29.8. The number of nitrogens with one attached hydrogen (secondary N) is 5. The zero-order chi connectivity index (χ0) is 87.2. The Morgan fingerprint density at radius 3 is 0.943 bits per heavy atom. The van der Waals surface area contributed by atoms with Gasteiger partial charge in [0.2, 0.25) is 0 Å². The topological polar surface area (TPSA) is 242 Å². The maximum absolute atomic E-state index is 14.3. The summed E-state index contributed by atoms with van der Waals surface area (Å²) in [4.78, 5) is 61.2. The molecule has 10 aromatic carbocycles. The second kappa shape index (κ2) is 32.4. The van der Waals surface area contributed by atoms with Gasteiger partial charge in [0.15, 0.2) is 46.5 Å². The Hall–Kier alpha value is -14.8. The third-order valence-corrected chi connectivity index (χ3v) is 23.0. The van der Waals surface area contributed by atoms with Gasteiger partial charge in [-0.15, -0.1) is 0 Å². The van der Waals surface area contributed by atoms with Gasteiger partial charge in [-0.05, 0) is 206 Å². The summed E-state index contributed by atoms with van der Waals surface area (Å²) in [6, 6.07) is 42.9. The maximum atomic E-state index is 14.3. The molecular weight excluding hydrogens is 1620 g/mol. The molecule has 616 valence electrons. The molecule has 0 aliphatic carbocycles. The zero-order valence-corrected chi connectivity index (χ0v) is 66.4. The molecule has 30 heteroatoms. The fourth-order valence-electron chi connectivity index (χ4n) is 17.2.